The van der Waals surface area contributed by atoms with Gasteiger partial charge in [0.05, 0.1) is 0 Å². The molecule has 1 aromatic carbocycles. The molecule has 0 radical (unpaired) electrons. The SMILES string of the molecule is CC(=O)Oc1cccc(F)c1C(C)(C)C. The maximum absolute atomic E-state index is 13.6. The largest absolute Gasteiger partial charge is 0.426 e. The standard InChI is InChI=1S/C12H15FO2/c1-8(14)15-10-7-5-6-9(13)11(10)12(2,3)4/h5-7H,1-4H3. The monoisotopic (exact) mass is 210 g/mol. The normalized spacial score (nSPS) is 11.3. The number of hydrogen-bond acceptors (Lipinski definition) is 2. The maximum Gasteiger partial charge on any atom is 0.308 e. The fourth-order valence-corrected chi connectivity index (χ4v) is 1.47. The molecule has 3 heteroatoms. The van der Waals surface area contributed by atoms with Gasteiger partial charge in [-0.1, -0.05) is 26.8 Å². The van der Waals surface area contributed by atoms with E-state index in [0.29, 0.717) is 11.3 Å². The van der Waals surface area contributed by atoms with Crippen LogP contribution in [-0.2, 0) is 10.2 Å². The van der Waals surface area contributed by atoms with Crippen molar-refractivity contribution in [1.29, 1.82) is 0 Å². The van der Waals surface area contributed by atoms with E-state index in [9.17, 15) is 9.18 Å². The number of halogens is 1. The average molecular weight is 210 g/mol. The van der Waals surface area contributed by atoms with Crippen molar-refractivity contribution in [1.82, 2.24) is 0 Å². The van der Waals surface area contributed by atoms with Gasteiger partial charge in [0.25, 0.3) is 0 Å². The Morgan fingerprint density at radius 3 is 2.40 bits per heavy atom. The van der Waals surface area contributed by atoms with E-state index in [-0.39, 0.29) is 5.82 Å². The summed E-state index contributed by atoms with van der Waals surface area (Å²) in [6, 6.07) is 4.50. The van der Waals surface area contributed by atoms with E-state index in [4.69, 9.17) is 4.74 Å². The molecule has 0 fully saturated rings. The van der Waals surface area contributed by atoms with Crippen LogP contribution in [0.2, 0.25) is 0 Å². The summed E-state index contributed by atoms with van der Waals surface area (Å²) < 4.78 is 18.6. The van der Waals surface area contributed by atoms with Crippen LogP contribution in [0.15, 0.2) is 18.2 Å². The quantitative estimate of drug-likeness (QED) is 0.526. The van der Waals surface area contributed by atoms with Gasteiger partial charge >= 0.3 is 5.97 Å². The first-order valence-corrected chi connectivity index (χ1v) is 4.80. The summed E-state index contributed by atoms with van der Waals surface area (Å²) >= 11 is 0. The van der Waals surface area contributed by atoms with Crippen molar-refractivity contribution in [3.05, 3.63) is 29.6 Å². The Kier molecular flexibility index (Phi) is 3.12. The molecule has 0 aromatic heterocycles. The predicted octanol–water partition coefficient (Wildman–Crippen LogP) is 3.05. The number of hydrogen-bond donors (Lipinski definition) is 0. The van der Waals surface area contributed by atoms with Crippen molar-refractivity contribution >= 4 is 5.97 Å². The van der Waals surface area contributed by atoms with Crippen LogP contribution in [0.3, 0.4) is 0 Å². The van der Waals surface area contributed by atoms with Gasteiger partial charge in [0, 0.05) is 12.5 Å². The van der Waals surface area contributed by atoms with Gasteiger partial charge in [0.1, 0.15) is 11.6 Å². The third-order valence-corrected chi connectivity index (χ3v) is 1.98. The van der Waals surface area contributed by atoms with Crippen molar-refractivity contribution in [2.24, 2.45) is 0 Å². The highest BCUT2D eigenvalue weighted by Crippen LogP contribution is 2.33. The summed E-state index contributed by atoms with van der Waals surface area (Å²) in [7, 11) is 0. The van der Waals surface area contributed by atoms with Gasteiger partial charge in [0.15, 0.2) is 0 Å². The summed E-state index contributed by atoms with van der Waals surface area (Å²) in [4.78, 5) is 10.9. The number of benzene rings is 1. The molecule has 82 valence electrons. The molecule has 0 N–H and O–H groups in total. The molecule has 0 atom stereocenters. The molecule has 0 aliphatic heterocycles. The predicted molar refractivity (Wildman–Crippen MR) is 56.4 cm³/mol. The molecule has 0 aliphatic rings. The average Bonchev–Trinajstić information content (AvgIpc) is 1.99. The number of rotatable bonds is 1. The summed E-state index contributed by atoms with van der Waals surface area (Å²) in [5.41, 5.74) is 0.0380. The Balaban J connectivity index is 3.27. The third-order valence-electron chi connectivity index (χ3n) is 1.98. The zero-order chi connectivity index (χ0) is 11.6. The first kappa shape index (κ1) is 11.7. The van der Waals surface area contributed by atoms with Crippen molar-refractivity contribution in [2.75, 3.05) is 0 Å². The van der Waals surface area contributed by atoms with E-state index >= 15 is 0 Å². The number of carbonyl (C=O) groups excluding carboxylic acids is 1. The van der Waals surface area contributed by atoms with E-state index in [1.165, 1.54) is 19.1 Å². The van der Waals surface area contributed by atoms with Crippen LogP contribution in [-0.4, -0.2) is 5.97 Å². The molecule has 1 rings (SSSR count). The molecular weight excluding hydrogens is 195 g/mol. The van der Waals surface area contributed by atoms with Gasteiger partial charge in [-0.15, -0.1) is 0 Å². The Morgan fingerprint density at radius 2 is 1.93 bits per heavy atom. The fraction of sp³-hybridized carbons (Fsp3) is 0.417. The lowest BCUT2D eigenvalue weighted by Crippen LogP contribution is -2.17. The van der Waals surface area contributed by atoms with Crippen LogP contribution < -0.4 is 4.74 Å². The molecule has 0 heterocycles. The van der Waals surface area contributed by atoms with Gasteiger partial charge in [0.2, 0.25) is 0 Å². The van der Waals surface area contributed by atoms with E-state index in [1.54, 1.807) is 6.07 Å². The minimum atomic E-state index is -0.439. The highest BCUT2D eigenvalue weighted by molar-refractivity contribution is 5.70. The van der Waals surface area contributed by atoms with Crippen LogP contribution in [0, 0.1) is 5.82 Å². The Bertz CT molecular complexity index is 378. The van der Waals surface area contributed by atoms with E-state index < -0.39 is 11.4 Å². The molecule has 0 saturated heterocycles. The van der Waals surface area contributed by atoms with Crippen LogP contribution in [0.4, 0.5) is 4.39 Å². The molecule has 1 aromatic rings. The highest BCUT2D eigenvalue weighted by atomic mass is 19.1. The number of esters is 1. The van der Waals surface area contributed by atoms with Crippen molar-refractivity contribution in [3.8, 4) is 5.75 Å². The van der Waals surface area contributed by atoms with Crippen molar-refractivity contribution in [2.45, 2.75) is 33.1 Å². The lowest BCUT2D eigenvalue weighted by molar-refractivity contribution is -0.131. The smallest absolute Gasteiger partial charge is 0.308 e. The summed E-state index contributed by atoms with van der Waals surface area (Å²) in [5, 5.41) is 0. The third kappa shape index (κ3) is 2.78. The zero-order valence-electron chi connectivity index (χ0n) is 9.43. The molecule has 0 spiro atoms. The van der Waals surface area contributed by atoms with Gasteiger partial charge in [-0.2, -0.15) is 0 Å². The van der Waals surface area contributed by atoms with E-state index in [2.05, 4.69) is 0 Å². The molecule has 0 aliphatic carbocycles. The first-order valence-electron chi connectivity index (χ1n) is 4.80. The second-order valence-electron chi connectivity index (χ2n) is 4.46. The minimum Gasteiger partial charge on any atom is -0.426 e. The van der Waals surface area contributed by atoms with Crippen molar-refractivity contribution < 1.29 is 13.9 Å². The molecule has 0 unspecified atom stereocenters. The highest BCUT2D eigenvalue weighted by Gasteiger charge is 2.23. The van der Waals surface area contributed by atoms with Gasteiger partial charge in [-0.05, 0) is 17.5 Å². The summed E-state index contributed by atoms with van der Waals surface area (Å²) in [5.74, 6) is -0.484. The Labute approximate surface area is 89.1 Å². The minimum absolute atomic E-state index is 0.301. The van der Waals surface area contributed by atoms with Crippen molar-refractivity contribution in [3.63, 3.8) is 0 Å². The second-order valence-corrected chi connectivity index (χ2v) is 4.46. The summed E-state index contributed by atoms with van der Waals surface area (Å²) in [6.07, 6.45) is 0. The molecule has 0 saturated carbocycles. The maximum atomic E-state index is 13.6. The van der Waals surface area contributed by atoms with E-state index in [0.717, 1.165) is 0 Å². The van der Waals surface area contributed by atoms with Crippen LogP contribution >= 0.6 is 0 Å². The lowest BCUT2D eigenvalue weighted by atomic mass is 9.86. The van der Waals surface area contributed by atoms with Gasteiger partial charge < -0.3 is 4.74 Å². The molecule has 2 nitrogen and oxygen atoms in total. The van der Waals surface area contributed by atoms with E-state index in [1.807, 2.05) is 20.8 Å². The Hall–Kier alpha value is -1.38. The first-order chi connectivity index (χ1) is 6.82. The van der Waals surface area contributed by atoms with Gasteiger partial charge in [-0.25, -0.2) is 4.39 Å². The Morgan fingerprint density at radius 1 is 1.33 bits per heavy atom. The fourth-order valence-electron chi connectivity index (χ4n) is 1.47. The zero-order valence-corrected chi connectivity index (χ0v) is 9.43. The van der Waals surface area contributed by atoms with Crippen LogP contribution in [0.5, 0.6) is 5.75 Å². The molecule has 0 amide bonds. The summed E-state index contributed by atoms with van der Waals surface area (Å²) in [6.45, 7) is 6.92. The lowest BCUT2D eigenvalue weighted by Gasteiger charge is -2.22. The topological polar surface area (TPSA) is 26.3 Å². The van der Waals surface area contributed by atoms with Crippen LogP contribution in [0.25, 0.3) is 0 Å². The molecule has 15 heavy (non-hydrogen) atoms. The number of ether oxygens (including phenoxy) is 1. The number of carbonyl (C=O) groups is 1. The molecular formula is C12H15FO2. The molecule has 0 bridgehead atoms. The van der Waals surface area contributed by atoms with Gasteiger partial charge in [-0.3, -0.25) is 4.79 Å². The van der Waals surface area contributed by atoms with Crippen LogP contribution in [0.1, 0.15) is 33.3 Å². The second kappa shape index (κ2) is 4.01.